The summed E-state index contributed by atoms with van der Waals surface area (Å²) in [5, 5.41) is 3.28. The Bertz CT molecular complexity index is 532. The average molecular weight is 313 g/mol. The first-order chi connectivity index (χ1) is 10.2. The quantitative estimate of drug-likeness (QED) is 0.903. The summed E-state index contributed by atoms with van der Waals surface area (Å²) in [5.41, 5.74) is 0.478. The van der Waals surface area contributed by atoms with Crippen LogP contribution in [-0.2, 0) is 4.74 Å². The van der Waals surface area contributed by atoms with Gasteiger partial charge in [0.2, 0.25) is 6.79 Å². The molecule has 21 heavy (non-hydrogen) atoms. The zero-order chi connectivity index (χ0) is 14.7. The first kappa shape index (κ1) is 14.4. The van der Waals surface area contributed by atoms with Crippen LogP contribution in [0, 0.1) is 0 Å². The van der Waals surface area contributed by atoms with Crippen LogP contribution in [0.15, 0.2) is 12.1 Å². The molecule has 0 radical (unpaired) electrons. The number of nitrogens with one attached hydrogen (secondary N) is 1. The highest BCUT2D eigenvalue weighted by Gasteiger charge is 2.20. The summed E-state index contributed by atoms with van der Waals surface area (Å²) in [4.78, 5) is 14.4. The van der Waals surface area contributed by atoms with Crippen molar-refractivity contribution in [3.05, 3.63) is 22.7 Å². The summed E-state index contributed by atoms with van der Waals surface area (Å²) in [5.74, 6) is 0.853. The van der Waals surface area contributed by atoms with E-state index in [4.69, 9.17) is 25.8 Å². The molecule has 3 rings (SSSR count). The van der Waals surface area contributed by atoms with E-state index in [0.717, 1.165) is 32.8 Å². The molecule has 0 bridgehead atoms. The first-order valence-electron chi connectivity index (χ1n) is 6.91. The zero-order valence-corrected chi connectivity index (χ0v) is 12.3. The largest absolute Gasteiger partial charge is 0.454 e. The highest BCUT2D eigenvalue weighted by molar-refractivity contribution is 6.32. The van der Waals surface area contributed by atoms with Crippen molar-refractivity contribution in [1.29, 1.82) is 0 Å². The second-order valence-corrected chi connectivity index (χ2v) is 5.31. The number of hydrogen-bond donors (Lipinski definition) is 1. The third-order valence-electron chi connectivity index (χ3n) is 3.51. The van der Waals surface area contributed by atoms with E-state index in [1.807, 2.05) is 0 Å². The molecule has 0 aromatic heterocycles. The number of hydrogen-bond acceptors (Lipinski definition) is 5. The van der Waals surface area contributed by atoms with Gasteiger partial charge < -0.3 is 19.5 Å². The van der Waals surface area contributed by atoms with Gasteiger partial charge in [-0.2, -0.15) is 0 Å². The van der Waals surface area contributed by atoms with Gasteiger partial charge in [0, 0.05) is 31.7 Å². The minimum absolute atomic E-state index is 0.136. The van der Waals surface area contributed by atoms with Gasteiger partial charge in [-0.25, -0.2) is 0 Å². The van der Waals surface area contributed by atoms with E-state index < -0.39 is 0 Å². The molecule has 1 N–H and O–H groups in total. The number of carbonyl (C=O) groups excluding carboxylic acids is 1. The predicted octanol–water partition coefficient (Wildman–Crippen LogP) is 1.13. The Morgan fingerprint density at radius 1 is 1.29 bits per heavy atom. The van der Waals surface area contributed by atoms with E-state index in [-0.39, 0.29) is 12.7 Å². The van der Waals surface area contributed by atoms with Crippen molar-refractivity contribution in [1.82, 2.24) is 10.2 Å². The minimum atomic E-state index is -0.163. The van der Waals surface area contributed by atoms with Crippen LogP contribution in [0.25, 0.3) is 0 Å². The number of halogens is 1. The van der Waals surface area contributed by atoms with Crippen LogP contribution in [0.3, 0.4) is 0 Å². The number of amides is 1. The summed E-state index contributed by atoms with van der Waals surface area (Å²) >= 11 is 6.07. The fourth-order valence-corrected chi connectivity index (χ4v) is 2.62. The third-order valence-corrected chi connectivity index (χ3v) is 3.79. The van der Waals surface area contributed by atoms with Gasteiger partial charge in [-0.05, 0) is 12.1 Å². The number of benzene rings is 1. The Kier molecular flexibility index (Phi) is 4.48. The lowest BCUT2D eigenvalue weighted by Gasteiger charge is -2.26. The molecule has 114 valence electrons. The van der Waals surface area contributed by atoms with E-state index in [0.29, 0.717) is 28.6 Å². The summed E-state index contributed by atoms with van der Waals surface area (Å²) in [6.45, 7) is 4.87. The number of ether oxygens (including phenoxy) is 3. The molecule has 2 aliphatic heterocycles. The third kappa shape index (κ3) is 3.40. The van der Waals surface area contributed by atoms with Crippen molar-refractivity contribution < 1.29 is 19.0 Å². The fraction of sp³-hybridized carbons (Fsp3) is 0.500. The standard InChI is InChI=1S/C14H17ClN2O4/c15-11-7-10(8-12-13(11)21-9-20-12)14(18)16-1-2-17-3-5-19-6-4-17/h7-8H,1-6,9H2,(H,16,18). The Labute approximate surface area is 127 Å². The number of rotatable bonds is 4. The zero-order valence-electron chi connectivity index (χ0n) is 11.6. The lowest BCUT2D eigenvalue weighted by atomic mass is 10.2. The van der Waals surface area contributed by atoms with Crippen molar-refractivity contribution in [2.75, 3.05) is 46.2 Å². The molecule has 7 heteroatoms. The maximum atomic E-state index is 12.1. The molecular weight excluding hydrogens is 296 g/mol. The highest BCUT2D eigenvalue weighted by Crippen LogP contribution is 2.39. The molecule has 2 heterocycles. The minimum Gasteiger partial charge on any atom is -0.454 e. The van der Waals surface area contributed by atoms with Crippen molar-refractivity contribution in [2.24, 2.45) is 0 Å². The summed E-state index contributed by atoms with van der Waals surface area (Å²) in [7, 11) is 0. The normalized spacial score (nSPS) is 17.8. The SMILES string of the molecule is O=C(NCCN1CCOCC1)c1cc(Cl)c2c(c1)OCO2. The molecule has 1 saturated heterocycles. The molecular formula is C14H17ClN2O4. The van der Waals surface area contributed by atoms with Gasteiger partial charge in [-0.1, -0.05) is 11.6 Å². The number of morpholine rings is 1. The first-order valence-corrected chi connectivity index (χ1v) is 7.29. The van der Waals surface area contributed by atoms with Gasteiger partial charge in [-0.15, -0.1) is 0 Å². The van der Waals surface area contributed by atoms with Crippen molar-refractivity contribution in [3.63, 3.8) is 0 Å². The van der Waals surface area contributed by atoms with Crippen LogP contribution in [0.1, 0.15) is 10.4 Å². The van der Waals surface area contributed by atoms with Gasteiger partial charge in [0.25, 0.3) is 5.91 Å². The van der Waals surface area contributed by atoms with Gasteiger partial charge in [0.1, 0.15) is 0 Å². The van der Waals surface area contributed by atoms with Crippen molar-refractivity contribution in [3.8, 4) is 11.5 Å². The van der Waals surface area contributed by atoms with Gasteiger partial charge in [-0.3, -0.25) is 9.69 Å². The molecule has 1 aromatic carbocycles. The Hall–Kier alpha value is -1.50. The average Bonchev–Trinajstić information content (AvgIpc) is 2.97. The van der Waals surface area contributed by atoms with Crippen LogP contribution in [0.4, 0.5) is 0 Å². The van der Waals surface area contributed by atoms with E-state index in [1.54, 1.807) is 12.1 Å². The molecule has 1 amide bonds. The monoisotopic (exact) mass is 312 g/mol. The molecule has 0 saturated carbocycles. The maximum Gasteiger partial charge on any atom is 0.251 e. The van der Waals surface area contributed by atoms with Crippen LogP contribution >= 0.6 is 11.6 Å². The maximum absolute atomic E-state index is 12.1. The van der Waals surface area contributed by atoms with Crippen LogP contribution < -0.4 is 14.8 Å². The fourth-order valence-electron chi connectivity index (χ4n) is 2.35. The number of fused-ring (bicyclic) bond motifs is 1. The smallest absolute Gasteiger partial charge is 0.251 e. The molecule has 0 atom stereocenters. The van der Waals surface area contributed by atoms with Crippen molar-refractivity contribution >= 4 is 17.5 Å². The Morgan fingerprint density at radius 2 is 2.10 bits per heavy atom. The second kappa shape index (κ2) is 6.51. The topological polar surface area (TPSA) is 60.0 Å². The molecule has 0 spiro atoms. The van der Waals surface area contributed by atoms with Gasteiger partial charge in [0.05, 0.1) is 18.2 Å². The van der Waals surface area contributed by atoms with Crippen LogP contribution in [-0.4, -0.2) is 57.0 Å². The lowest BCUT2D eigenvalue weighted by Crippen LogP contribution is -2.41. The number of carbonyl (C=O) groups is 1. The van der Waals surface area contributed by atoms with Gasteiger partial charge >= 0.3 is 0 Å². The second-order valence-electron chi connectivity index (χ2n) is 4.90. The van der Waals surface area contributed by atoms with Gasteiger partial charge in [0.15, 0.2) is 11.5 Å². The lowest BCUT2D eigenvalue weighted by molar-refractivity contribution is 0.0383. The highest BCUT2D eigenvalue weighted by atomic mass is 35.5. The molecule has 0 aliphatic carbocycles. The van der Waals surface area contributed by atoms with Crippen LogP contribution in [0.5, 0.6) is 11.5 Å². The summed E-state index contributed by atoms with van der Waals surface area (Å²) in [6, 6.07) is 3.25. The summed E-state index contributed by atoms with van der Waals surface area (Å²) < 4.78 is 15.8. The Balaban J connectivity index is 1.54. The molecule has 1 aromatic rings. The van der Waals surface area contributed by atoms with E-state index >= 15 is 0 Å². The van der Waals surface area contributed by atoms with E-state index in [9.17, 15) is 4.79 Å². The molecule has 6 nitrogen and oxygen atoms in total. The number of nitrogens with zero attached hydrogens (tertiary/aromatic N) is 1. The molecule has 0 unspecified atom stereocenters. The Morgan fingerprint density at radius 3 is 2.90 bits per heavy atom. The molecule has 1 fully saturated rings. The summed E-state index contributed by atoms with van der Waals surface area (Å²) in [6.07, 6.45) is 0. The van der Waals surface area contributed by atoms with Crippen molar-refractivity contribution in [2.45, 2.75) is 0 Å². The van der Waals surface area contributed by atoms with E-state index in [2.05, 4.69) is 10.2 Å². The van der Waals surface area contributed by atoms with Crippen LogP contribution in [0.2, 0.25) is 5.02 Å². The predicted molar refractivity (Wildman–Crippen MR) is 77.2 cm³/mol. The van der Waals surface area contributed by atoms with E-state index in [1.165, 1.54) is 0 Å². The molecule has 2 aliphatic rings.